The van der Waals surface area contributed by atoms with Gasteiger partial charge in [0.2, 0.25) is 0 Å². The number of hydrogen-bond acceptors (Lipinski definition) is 1. The molecule has 0 amide bonds. The first-order valence-electron chi connectivity index (χ1n) is 12.2. The molecule has 168 valence electrons. The molecule has 0 aliphatic carbocycles. The first-order valence-corrected chi connectivity index (χ1v) is 14.5. The Hall–Kier alpha value is -2.32. The van der Waals surface area contributed by atoms with Crippen molar-refractivity contribution in [3.8, 4) is 5.75 Å². The SMILES string of the molecule is CC(C)c1cccc(C(C)C)c1OC1=C[Si](C(C)C)(C(C)C)c2cccc3cccc1c23. The van der Waals surface area contributed by atoms with Crippen LogP contribution in [-0.4, -0.2) is 8.07 Å². The molecule has 3 aromatic carbocycles. The van der Waals surface area contributed by atoms with Gasteiger partial charge in [0, 0.05) is 5.56 Å². The molecule has 0 radical (unpaired) electrons. The van der Waals surface area contributed by atoms with E-state index in [9.17, 15) is 0 Å². The van der Waals surface area contributed by atoms with Gasteiger partial charge in [-0.2, -0.15) is 0 Å². The highest BCUT2D eigenvalue weighted by molar-refractivity contribution is 7.00. The minimum atomic E-state index is -1.98. The fourth-order valence-corrected chi connectivity index (χ4v) is 10.8. The van der Waals surface area contributed by atoms with Crippen molar-refractivity contribution in [2.75, 3.05) is 0 Å². The summed E-state index contributed by atoms with van der Waals surface area (Å²) in [6.07, 6.45) is 0. The Morgan fingerprint density at radius 2 is 1.19 bits per heavy atom. The Balaban J connectivity index is 2.02. The van der Waals surface area contributed by atoms with E-state index in [1.807, 2.05) is 0 Å². The largest absolute Gasteiger partial charge is 0.457 e. The van der Waals surface area contributed by atoms with E-state index in [4.69, 9.17) is 4.74 Å². The first-order chi connectivity index (χ1) is 15.2. The molecule has 2 heteroatoms. The van der Waals surface area contributed by atoms with Gasteiger partial charge in [-0.3, -0.25) is 0 Å². The molecule has 32 heavy (non-hydrogen) atoms. The molecule has 0 atom stereocenters. The van der Waals surface area contributed by atoms with Crippen molar-refractivity contribution in [1.82, 2.24) is 0 Å². The summed E-state index contributed by atoms with van der Waals surface area (Å²) in [5, 5.41) is 4.31. The third-order valence-electron chi connectivity index (χ3n) is 7.45. The van der Waals surface area contributed by atoms with Gasteiger partial charge in [0.25, 0.3) is 0 Å². The van der Waals surface area contributed by atoms with Crippen LogP contribution in [0.25, 0.3) is 16.5 Å². The van der Waals surface area contributed by atoms with Crippen molar-refractivity contribution >= 4 is 29.8 Å². The van der Waals surface area contributed by atoms with Crippen LogP contribution < -0.4 is 9.92 Å². The van der Waals surface area contributed by atoms with Gasteiger partial charge in [0.15, 0.2) is 0 Å². The molecule has 0 aromatic heterocycles. The monoisotopic (exact) mass is 442 g/mol. The zero-order valence-electron chi connectivity index (χ0n) is 21.0. The summed E-state index contributed by atoms with van der Waals surface area (Å²) >= 11 is 0. The van der Waals surface area contributed by atoms with Crippen LogP contribution in [0.2, 0.25) is 11.1 Å². The maximum atomic E-state index is 7.04. The molecule has 0 fully saturated rings. The molecule has 4 rings (SSSR count). The van der Waals surface area contributed by atoms with E-state index < -0.39 is 8.07 Å². The molecule has 0 bridgehead atoms. The molecule has 1 aliphatic rings. The van der Waals surface area contributed by atoms with E-state index in [1.54, 1.807) is 5.19 Å². The number of ether oxygens (including phenoxy) is 1. The molecule has 1 nitrogen and oxygen atoms in total. The van der Waals surface area contributed by atoms with Crippen LogP contribution in [-0.2, 0) is 0 Å². The van der Waals surface area contributed by atoms with Crippen molar-refractivity contribution in [1.29, 1.82) is 0 Å². The van der Waals surface area contributed by atoms with Crippen LogP contribution in [0.3, 0.4) is 0 Å². The third kappa shape index (κ3) is 3.53. The van der Waals surface area contributed by atoms with Gasteiger partial charge in [0.05, 0.1) is 0 Å². The Morgan fingerprint density at radius 1 is 0.656 bits per heavy atom. The van der Waals surface area contributed by atoms with Gasteiger partial charge in [-0.1, -0.05) is 110 Å². The minimum absolute atomic E-state index is 0.410. The van der Waals surface area contributed by atoms with E-state index >= 15 is 0 Å². The average molecular weight is 443 g/mol. The maximum absolute atomic E-state index is 7.04. The quantitative estimate of drug-likeness (QED) is 0.347. The topological polar surface area (TPSA) is 9.23 Å². The maximum Gasteiger partial charge on any atom is 0.134 e. The van der Waals surface area contributed by atoms with E-state index in [0.29, 0.717) is 22.9 Å². The van der Waals surface area contributed by atoms with Crippen LogP contribution in [0.4, 0.5) is 0 Å². The zero-order chi connectivity index (χ0) is 23.2. The van der Waals surface area contributed by atoms with Gasteiger partial charge in [-0.25, -0.2) is 0 Å². The molecule has 1 heterocycles. The van der Waals surface area contributed by atoms with Gasteiger partial charge >= 0.3 is 0 Å². The van der Waals surface area contributed by atoms with E-state index in [2.05, 4.69) is 116 Å². The lowest BCUT2D eigenvalue weighted by atomic mass is 9.94. The Bertz CT molecular complexity index is 1130. The highest BCUT2D eigenvalue weighted by atomic mass is 28.3. The van der Waals surface area contributed by atoms with Crippen LogP contribution in [0, 0.1) is 0 Å². The first kappa shape index (κ1) is 22.9. The fraction of sp³-hybridized carbons (Fsp3) is 0.400. The van der Waals surface area contributed by atoms with Crippen LogP contribution in [0.1, 0.15) is 83.9 Å². The molecule has 0 N–H and O–H groups in total. The molecule has 0 saturated heterocycles. The van der Waals surface area contributed by atoms with Crippen molar-refractivity contribution in [2.45, 2.75) is 78.3 Å². The lowest BCUT2D eigenvalue weighted by Crippen LogP contribution is -2.54. The number of benzene rings is 3. The second-order valence-electron chi connectivity index (χ2n) is 10.6. The molecular formula is C30H38OSi. The summed E-state index contributed by atoms with van der Waals surface area (Å²) in [4.78, 5) is 0. The molecule has 0 saturated carbocycles. The highest BCUT2D eigenvalue weighted by Crippen LogP contribution is 2.44. The second kappa shape index (κ2) is 8.55. The molecule has 3 aromatic rings. The van der Waals surface area contributed by atoms with Gasteiger partial charge in [0.1, 0.15) is 19.6 Å². The number of hydrogen-bond donors (Lipinski definition) is 0. The van der Waals surface area contributed by atoms with Crippen molar-refractivity contribution < 1.29 is 4.74 Å². The van der Waals surface area contributed by atoms with Crippen LogP contribution in [0.5, 0.6) is 5.75 Å². The minimum Gasteiger partial charge on any atom is -0.457 e. The van der Waals surface area contributed by atoms with Crippen LogP contribution in [0.15, 0.2) is 60.3 Å². The van der Waals surface area contributed by atoms with Crippen molar-refractivity contribution in [3.05, 3.63) is 77.0 Å². The summed E-state index contributed by atoms with van der Waals surface area (Å²) in [7, 11) is -1.98. The smallest absolute Gasteiger partial charge is 0.134 e. The van der Waals surface area contributed by atoms with Crippen molar-refractivity contribution in [3.63, 3.8) is 0 Å². The number of rotatable bonds is 6. The molecule has 1 aliphatic heterocycles. The van der Waals surface area contributed by atoms with E-state index in [-0.39, 0.29) is 0 Å². The predicted molar refractivity (Wildman–Crippen MR) is 143 cm³/mol. The Morgan fingerprint density at radius 3 is 1.72 bits per heavy atom. The normalized spacial score (nSPS) is 15.2. The average Bonchev–Trinajstić information content (AvgIpc) is 2.75. The Kier molecular flexibility index (Phi) is 6.11. The standard InChI is InChI=1S/C30H38OSi/c1-19(2)24-14-11-15-25(20(3)4)30(24)31-27-18-32(21(5)6,22(7)8)28-17-10-13-23-12-9-16-26(27)29(23)28/h9-22H,1-8H3. The lowest BCUT2D eigenvalue weighted by Gasteiger charge is -2.41. The highest BCUT2D eigenvalue weighted by Gasteiger charge is 2.44. The lowest BCUT2D eigenvalue weighted by molar-refractivity contribution is 0.493. The summed E-state index contributed by atoms with van der Waals surface area (Å²) in [5.41, 5.74) is 7.60. The van der Waals surface area contributed by atoms with E-state index in [0.717, 1.165) is 11.5 Å². The molecular weight excluding hydrogens is 404 g/mol. The third-order valence-corrected chi connectivity index (χ3v) is 13.4. The second-order valence-corrected chi connectivity index (χ2v) is 15.6. The summed E-state index contributed by atoms with van der Waals surface area (Å²) < 4.78 is 7.04. The fourth-order valence-electron chi connectivity index (χ4n) is 5.70. The van der Waals surface area contributed by atoms with Crippen LogP contribution >= 0.6 is 0 Å². The van der Waals surface area contributed by atoms with Gasteiger partial charge < -0.3 is 4.74 Å². The molecule has 0 spiro atoms. The summed E-state index contributed by atoms with van der Waals surface area (Å²) in [6.45, 7) is 18.7. The summed E-state index contributed by atoms with van der Waals surface area (Å²) in [6, 6.07) is 20.2. The summed E-state index contributed by atoms with van der Waals surface area (Å²) in [5.74, 6) is 2.95. The van der Waals surface area contributed by atoms with Gasteiger partial charge in [-0.05, 0) is 55.7 Å². The molecule has 0 unspecified atom stereocenters. The number of para-hydroxylation sites is 1. The predicted octanol–water partition coefficient (Wildman–Crippen LogP) is 8.54. The van der Waals surface area contributed by atoms with Gasteiger partial charge in [-0.15, -0.1) is 0 Å². The van der Waals surface area contributed by atoms with E-state index in [1.165, 1.54) is 27.5 Å². The zero-order valence-corrected chi connectivity index (χ0v) is 22.0. The van der Waals surface area contributed by atoms with Crippen molar-refractivity contribution in [2.24, 2.45) is 0 Å². The Labute approximate surface area is 195 Å².